The molecule has 0 aromatic heterocycles. The summed E-state index contributed by atoms with van der Waals surface area (Å²) in [5.41, 5.74) is 0.364. The average molecular weight is 317 g/mol. The molecule has 0 N–H and O–H groups in total. The van der Waals surface area contributed by atoms with E-state index in [-0.39, 0.29) is 18.8 Å². The van der Waals surface area contributed by atoms with Gasteiger partial charge in [0.05, 0.1) is 23.3 Å². The number of carbonyl (C=O) groups excluding carboxylic acids is 2. The first-order valence-corrected chi connectivity index (χ1v) is 6.76. The number of esters is 2. The molecule has 0 radical (unpaired) electrons. The Balaban J connectivity index is 3.13. The van der Waals surface area contributed by atoms with Gasteiger partial charge in [-0.1, -0.05) is 29.3 Å². The maximum absolute atomic E-state index is 11.8. The van der Waals surface area contributed by atoms with Crippen molar-refractivity contribution in [3.63, 3.8) is 0 Å². The van der Waals surface area contributed by atoms with Crippen molar-refractivity contribution in [1.29, 1.82) is 0 Å². The minimum absolute atomic E-state index is 0.164. The van der Waals surface area contributed by atoms with Gasteiger partial charge in [0.1, 0.15) is 5.57 Å². The van der Waals surface area contributed by atoms with E-state index in [9.17, 15) is 9.59 Å². The van der Waals surface area contributed by atoms with Gasteiger partial charge in [0.15, 0.2) is 0 Å². The van der Waals surface area contributed by atoms with Gasteiger partial charge >= 0.3 is 11.9 Å². The fourth-order valence-electron chi connectivity index (χ4n) is 1.39. The number of carbonyl (C=O) groups is 2. The Hall–Kier alpha value is -1.52. The lowest BCUT2D eigenvalue weighted by Crippen LogP contribution is -2.18. The molecule has 0 fully saturated rings. The molecule has 6 heteroatoms. The third-order valence-corrected chi connectivity index (χ3v) is 2.98. The summed E-state index contributed by atoms with van der Waals surface area (Å²) in [6.45, 7) is 3.63. The van der Waals surface area contributed by atoms with Crippen molar-refractivity contribution in [2.75, 3.05) is 13.2 Å². The van der Waals surface area contributed by atoms with E-state index in [1.165, 1.54) is 6.08 Å². The Kier molecular flexibility index (Phi) is 6.55. The topological polar surface area (TPSA) is 52.6 Å². The molecule has 0 saturated heterocycles. The van der Waals surface area contributed by atoms with Gasteiger partial charge in [-0.05, 0) is 37.6 Å². The van der Waals surface area contributed by atoms with E-state index in [4.69, 9.17) is 32.7 Å². The smallest absolute Gasteiger partial charge is 0.345 e. The Morgan fingerprint density at radius 1 is 1.05 bits per heavy atom. The van der Waals surface area contributed by atoms with Gasteiger partial charge in [0.25, 0.3) is 0 Å². The van der Waals surface area contributed by atoms with Crippen LogP contribution in [0.4, 0.5) is 0 Å². The van der Waals surface area contributed by atoms with Crippen LogP contribution in [0.5, 0.6) is 0 Å². The van der Waals surface area contributed by atoms with Crippen LogP contribution in [0.2, 0.25) is 10.0 Å². The first kappa shape index (κ1) is 16.5. The van der Waals surface area contributed by atoms with Crippen LogP contribution in [-0.4, -0.2) is 25.2 Å². The van der Waals surface area contributed by atoms with Gasteiger partial charge in [-0.25, -0.2) is 9.59 Å². The summed E-state index contributed by atoms with van der Waals surface area (Å²) < 4.78 is 9.66. The second-order valence-electron chi connectivity index (χ2n) is 3.67. The largest absolute Gasteiger partial charge is 0.462 e. The zero-order valence-corrected chi connectivity index (χ0v) is 12.6. The molecule has 0 heterocycles. The Labute approximate surface area is 127 Å². The van der Waals surface area contributed by atoms with Crippen LogP contribution < -0.4 is 0 Å². The van der Waals surface area contributed by atoms with Crippen LogP contribution in [0.3, 0.4) is 0 Å². The van der Waals surface area contributed by atoms with Gasteiger partial charge in [-0.15, -0.1) is 0 Å². The van der Waals surface area contributed by atoms with Gasteiger partial charge < -0.3 is 9.47 Å². The molecule has 0 aliphatic heterocycles. The zero-order chi connectivity index (χ0) is 15.1. The van der Waals surface area contributed by atoms with Crippen LogP contribution in [0.1, 0.15) is 19.4 Å². The predicted octanol–water partition coefficient (Wildman–Crippen LogP) is 3.50. The highest BCUT2D eigenvalue weighted by Crippen LogP contribution is 2.24. The first-order valence-electron chi connectivity index (χ1n) is 6.00. The molecule has 1 aromatic rings. The monoisotopic (exact) mass is 316 g/mol. The number of hydrogen-bond donors (Lipinski definition) is 0. The highest BCUT2D eigenvalue weighted by Gasteiger charge is 2.21. The molecule has 0 atom stereocenters. The van der Waals surface area contributed by atoms with Crippen molar-refractivity contribution in [3.05, 3.63) is 39.4 Å². The third-order valence-electron chi connectivity index (χ3n) is 2.25. The highest BCUT2D eigenvalue weighted by molar-refractivity contribution is 6.42. The van der Waals surface area contributed by atoms with Gasteiger partial charge in [0.2, 0.25) is 0 Å². The van der Waals surface area contributed by atoms with Crippen molar-refractivity contribution >= 4 is 41.2 Å². The molecule has 0 aliphatic carbocycles. The van der Waals surface area contributed by atoms with Crippen molar-refractivity contribution < 1.29 is 19.1 Å². The second kappa shape index (κ2) is 7.92. The van der Waals surface area contributed by atoms with Crippen molar-refractivity contribution in [2.45, 2.75) is 13.8 Å². The fourth-order valence-corrected chi connectivity index (χ4v) is 1.69. The Morgan fingerprint density at radius 2 is 1.60 bits per heavy atom. The summed E-state index contributed by atoms with van der Waals surface area (Å²) in [6, 6.07) is 4.75. The summed E-state index contributed by atoms with van der Waals surface area (Å²) >= 11 is 11.7. The lowest BCUT2D eigenvalue weighted by molar-refractivity contribution is -0.146. The van der Waals surface area contributed by atoms with E-state index < -0.39 is 11.9 Å². The van der Waals surface area contributed by atoms with Crippen LogP contribution in [0, 0.1) is 0 Å². The molecule has 0 amide bonds. The first-order chi connectivity index (χ1) is 9.49. The normalized spacial score (nSPS) is 9.80. The lowest BCUT2D eigenvalue weighted by atomic mass is 10.1. The standard InChI is InChI=1S/C14H14Cl2O4/c1-3-19-13(17)10(14(18)20-4-2)7-9-5-6-11(15)12(16)8-9/h5-8H,3-4H2,1-2H3. The van der Waals surface area contributed by atoms with Crippen LogP contribution >= 0.6 is 23.2 Å². The van der Waals surface area contributed by atoms with E-state index in [2.05, 4.69) is 0 Å². The van der Waals surface area contributed by atoms with E-state index in [1.54, 1.807) is 32.0 Å². The number of hydrogen-bond acceptors (Lipinski definition) is 4. The minimum Gasteiger partial charge on any atom is -0.462 e. The molecule has 0 spiro atoms. The molecule has 0 saturated carbocycles. The molecule has 108 valence electrons. The summed E-state index contributed by atoms with van der Waals surface area (Å²) in [4.78, 5) is 23.5. The van der Waals surface area contributed by atoms with Crippen molar-refractivity contribution in [1.82, 2.24) is 0 Å². The highest BCUT2D eigenvalue weighted by atomic mass is 35.5. The lowest BCUT2D eigenvalue weighted by Gasteiger charge is -2.07. The van der Waals surface area contributed by atoms with Crippen LogP contribution in [0.25, 0.3) is 6.08 Å². The molecule has 0 bridgehead atoms. The molecule has 1 aromatic carbocycles. The molecular weight excluding hydrogens is 303 g/mol. The van der Waals surface area contributed by atoms with Crippen LogP contribution in [-0.2, 0) is 19.1 Å². The predicted molar refractivity (Wildman–Crippen MR) is 77.7 cm³/mol. The quantitative estimate of drug-likeness (QED) is 0.361. The van der Waals surface area contributed by atoms with Gasteiger partial charge in [-0.2, -0.15) is 0 Å². The number of benzene rings is 1. The molecular formula is C14H14Cl2O4. The number of rotatable bonds is 5. The van der Waals surface area contributed by atoms with E-state index in [0.717, 1.165) is 0 Å². The summed E-state index contributed by atoms with van der Waals surface area (Å²) in [5, 5.41) is 0.713. The van der Waals surface area contributed by atoms with Crippen LogP contribution in [0.15, 0.2) is 23.8 Å². The second-order valence-corrected chi connectivity index (χ2v) is 4.49. The zero-order valence-electron chi connectivity index (χ0n) is 11.1. The molecule has 0 unspecified atom stereocenters. The van der Waals surface area contributed by atoms with Gasteiger partial charge in [0, 0.05) is 0 Å². The molecule has 0 aliphatic rings. The third kappa shape index (κ3) is 4.54. The number of halogens is 2. The SMILES string of the molecule is CCOC(=O)C(=Cc1ccc(Cl)c(Cl)c1)C(=O)OCC. The summed E-state index contributed by atoms with van der Waals surface area (Å²) in [5.74, 6) is -1.48. The minimum atomic E-state index is -0.739. The molecule has 4 nitrogen and oxygen atoms in total. The maximum Gasteiger partial charge on any atom is 0.345 e. The van der Waals surface area contributed by atoms with Crippen molar-refractivity contribution in [3.8, 4) is 0 Å². The number of ether oxygens (including phenoxy) is 2. The van der Waals surface area contributed by atoms with E-state index >= 15 is 0 Å². The van der Waals surface area contributed by atoms with E-state index in [1.807, 2.05) is 0 Å². The molecule has 20 heavy (non-hydrogen) atoms. The summed E-state index contributed by atoms with van der Waals surface area (Å²) in [7, 11) is 0. The van der Waals surface area contributed by atoms with Gasteiger partial charge in [-0.3, -0.25) is 0 Å². The Morgan fingerprint density at radius 3 is 2.05 bits per heavy atom. The maximum atomic E-state index is 11.8. The van der Waals surface area contributed by atoms with Crippen molar-refractivity contribution in [2.24, 2.45) is 0 Å². The van der Waals surface area contributed by atoms with E-state index in [0.29, 0.717) is 15.6 Å². The molecule has 1 rings (SSSR count). The Bertz CT molecular complexity index is 518. The summed E-state index contributed by atoms with van der Waals surface area (Å²) in [6.07, 6.45) is 1.36. The fraction of sp³-hybridized carbons (Fsp3) is 0.286. The average Bonchev–Trinajstić information content (AvgIpc) is 2.40.